The lowest BCUT2D eigenvalue weighted by atomic mass is 10.1. The molecule has 0 aliphatic heterocycles. The lowest BCUT2D eigenvalue weighted by molar-refractivity contribution is 0.0995. The van der Waals surface area contributed by atoms with Crippen molar-refractivity contribution in [3.63, 3.8) is 0 Å². The minimum Gasteiger partial charge on any atom is -0.366 e. The Kier molecular flexibility index (Phi) is 4.77. The molecular formula is C19H17ClN4O2. The molecule has 0 saturated heterocycles. The Bertz CT molecular complexity index is 993. The van der Waals surface area contributed by atoms with Crippen LogP contribution in [0.3, 0.4) is 0 Å². The molecule has 7 heteroatoms. The van der Waals surface area contributed by atoms with Crippen molar-refractivity contribution in [3.8, 4) is 5.69 Å². The molecule has 132 valence electrons. The SMILES string of the molecule is Cc1ncn(-c2ccc(NC(=O)c3ccc(C(N)=O)c(Cl)c3)cc2)c1C. The molecule has 0 aliphatic carbocycles. The molecule has 0 bridgehead atoms. The van der Waals surface area contributed by atoms with E-state index in [4.69, 9.17) is 17.3 Å². The summed E-state index contributed by atoms with van der Waals surface area (Å²) in [5, 5.41) is 2.94. The van der Waals surface area contributed by atoms with Crippen LogP contribution >= 0.6 is 11.6 Å². The standard InChI is InChI=1S/C19H17ClN4O2/c1-11-12(2)24(10-22-11)15-6-4-14(5-7-15)23-19(26)13-3-8-16(18(21)25)17(20)9-13/h3-10H,1-2H3,(H2,21,25)(H,23,26). The van der Waals surface area contributed by atoms with E-state index in [1.807, 2.05) is 30.5 Å². The minimum absolute atomic E-state index is 0.145. The second-order valence-corrected chi connectivity index (χ2v) is 6.25. The van der Waals surface area contributed by atoms with Gasteiger partial charge in [-0.3, -0.25) is 9.59 Å². The Balaban J connectivity index is 1.77. The molecule has 3 rings (SSSR count). The highest BCUT2D eigenvalue weighted by Gasteiger charge is 2.12. The van der Waals surface area contributed by atoms with E-state index in [-0.39, 0.29) is 16.5 Å². The van der Waals surface area contributed by atoms with Gasteiger partial charge in [0.2, 0.25) is 5.91 Å². The van der Waals surface area contributed by atoms with Gasteiger partial charge in [0.25, 0.3) is 5.91 Å². The van der Waals surface area contributed by atoms with Crippen LogP contribution in [0.5, 0.6) is 0 Å². The first-order valence-corrected chi connectivity index (χ1v) is 8.26. The number of anilines is 1. The highest BCUT2D eigenvalue weighted by Crippen LogP contribution is 2.20. The highest BCUT2D eigenvalue weighted by atomic mass is 35.5. The van der Waals surface area contributed by atoms with E-state index >= 15 is 0 Å². The fourth-order valence-electron chi connectivity index (χ4n) is 2.52. The molecule has 3 N–H and O–H groups in total. The average molecular weight is 369 g/mol. The molecule has 0 spiro atoms. The van der Waals surface area contributed by atoms with Gasteiger partial charge >= 0.3 is 0 Å². The zero-order valence-corrected chi connectivity index (χ0v) is 15.0. The zero-order valence-electron chi connectivity index (χ0n) is 14.3. The molecule has 6 nitrogen and oxygen atoms in total. The monoisotopic (exact) mass is 368 g/mol. The van der Waals surface area contributed by atoms with E-state index in [0.717, 1.165) is 17.1 Å². The third-order valence-corrected chi connectivity index (χ3v) is 4.46. The number of benzene rings is 2. The van der Waals surface area contributed by atoms with Crippen LogP contribution in [0.4, 0.5) is 5.69 Å². The van der Waals surface area contributed by atoms with Gasteiger partial charge in [-0.05, 0) is 56.3 Å². The van der Waals surface area contributed by atoms with Gasteiger partial charge in [-0.1, -0.05) is 11.6 Å². The minimum atomic E-state index is -0.637. The van der Waals surface area contributed by atoms with Crippen molar-refractivity contribution in [1.82, 2.24) is 9.55 Å². The molecule has 26 heavy (non-hydrogen) atoms. The van der Waals surface area contributed by atoms with Gasteiger partial charge in [0.05, 0.1) is 22.6 Å². The summed E-state index contributed by atoms with van der Waals surface area (Å²) in [6, 6.07) is 11.8. The van der Waals surface area contributed by atoms with Gasteiger partial charge in [0, 0.05) is 22.6 Å². The van der Waals surface area contributed by atoms with Crippen molar-refractivity contribution in [3.05, 3.63) is 76.3 Å². The number of imidazole rings is 1. The third kappa shape index (κ3) is 3.45. The van der Waals surface area contributed by atoms with Crippen LogP contribution in [0.15, 0.2) is 48.8 Å². The van der Waals surface area contributed by atoms with E-state index in [1.54, 1.807) is 18.5 Å². The Hall–Kier alpha value is -3.12. The number of halogens is 1. The Morgan fingerprint density at radius 2 is 1.81 bits per heavy atom. The van der Waals surface area contributed by atoms with E-state index in [0.29, 0.717) is 11.3 Å². The second kappa shape index (κ2) is 7.01. The fraction of sp³-hybridized carbons (Fsp3) is 0.105. The summed E-state index contributed by atoms with van der Waals surface area (Å²) in [5.41, 5.74) is 9.35. The number of rotatable bonds is 4. The van der Waals surface area contributed by atoms with Gasteiger partial charge in [0.15, 0.2) is 0 Å². The van der Waals surface area contributed by atoms with Crippen LogP contribution in [0.1, 0.15) is 32.1 Å². The summed E-state index contributed by atoms with van der Waals surface area (Å²) in [7, 11) is 0. The van der Waals surface area contributed by atoms with Crippen LogP contribution in [-0.2, 0) is 0 Å². The predicted molar refractivity (Wildman–Crippen MR) is 101 cm³/mol. The Morgan fingerprint density at radius 1 is 1.12 bits per heavy atom. The van der Waals surface area contributed by atoms with Gasteiger partial charge in [0.1, 0.15) is 0 Å². The number of amides is 2. The number of primary amides is 1. The second-order valence-electron chi connectivity index (χ2n) is 5.85. The first-order chi connectivity index (χ1) is 12.4. The molecule has 0 aliphatic rings. The number of aryl methyl sites for hydroxylation is 1. The number of hydrogen-bond donors (Lipinski definition) is 2. The van der Waals surface area contributed by atoms with Gasteiger partial charge in [-0.25, -0.2) is 4.98 Å². The Labute approximate surface area is 155 Å². The van der Waals surface area contributed by atoms with Crippen LogP contribution in [0, 0.1) is 13.8 Å². The molecular weight excluding hydrogens is 352 g/mol. The number of aromatic nitrogens is 2. The van der Waals surface area contributed by atoms with Crippen molar-refractivity contribution in [2.75, 3.05) is 5.32 Å². The van der Waals surface area contributed by atoms with Crippen LogP contribution < -0.4 is 11.1 Å². The smallest absolute Gasteiger partial charge is 0.255 e. The number of nitrogens with two attached hydrogens (primary N) is 1. The molecule has 0 fully saturated rings. The summed E-state index contributed by atoms with van der Waals surface area (Å²) in [5.74, 6) is -0.965. The summed E-state index contributed by atoms with van der Waals surface area (Å²) in [4.78, 5) is 27.8. The first kappa shape index (κ1) is 17.7. The van der Waals surface area contributed by atoms with Crippen LogP contribution in [-0.4, -0.2) is 21.4 Å². The number of hydrogen-bond acceptors (Lipinski definition) is 3. The summed E-state index contributed by atoms with van der Waals surface area (Å²) in [6.07, 6.45) is 1.76. The van der Waals surface area contributed by atoms with Gasteiger partial charge in [-0.15, -0.1) is 0 Å². The van der Waals surface area contributed by atoms with E-state index in [1.165, 1.54) is 18.2 Å². The van der Waals surface area contributed by atoms with Gasteiger partial charge < -0.3 is 15.6 Å². The lowest BCUT2D eigenvalue weighted by Gasteiger charge is -2.09. The fourth-order valence-corrected chi connectivity index (χ4v) is 2.80. The van der Waals surface area contributed by atoms with Crippen molar-refractivity contribution >= 4 is 29.1 Å². The number of nitrogens with one attached hydrogen (secondary N) is 1. The molecule has 3 aromatic rings. The first-order valence-electron chi connectivity index (χ1n) is 7.88. The summed E-state index contributed by atoms with van der Waals surface area (Å²) in [6.45, 7) is 3.95. The van der Waals surface area contributed by atoms with E-state index in [9.17, 15) is 9.59 Å². The number of nitrogens with zero attached hydrogens (tertiary/aromatic N) is 2. The zero-order chi connectivity index (χ0) is 18.8. The van der Waals surface area contributed by atoms with Crippen molar-refractivity contribution in [2.24, 2.45) is 5.73 Å². The molecule has 1 heterocycles. The van der Waals surface area contributed by atoms with Crippen molar-refractivity contribution < 1.29 is 9.59 Å². The third-order valence-electron chi connectivity index (χ3n) is 4.15. The van der Waals surface area contributed by atoms with Crippen molar-refractivity contribution in [1.29, 1.82) is 0 Å². The predicted octanol–water partition coefficient (Wildman–Crippen LogP) is 3.49. The number of carbonyl (C=O) groups is 2. The van der Waals surface area contributed by atoms with Crippen LogP contribution in [0.2, 0.25) is 5.02 Å². The largest absolute Gasteiger partial charge is 0.366 e. The van der Waals surface area contributed by atoms with E-state index in [2.05, 4.69) is 10.3 Å². The lowest BCUT2D eigenvalue weighted by Crippen LogP contribution is -2.15. The van der Waals surface area contributed by atoms with Crippen molar-refractivity contribution in [2.45, 2.75) is 13.8 Å². The highest BCUT2D eigenvalue weighted by molar-refractivity contribution is 6.34. The maximum Gasteiger partial charge on any atom is 0.255 e. The normalized spacial score (nSPS) is 10.6. The Morgan fingerprint density at radius 3 is 2.35 bits per heavy atom. The number of carbonyl (C=O) groups excluding carboxylic acids is 2. The maximum absolute atomic E-state index is 12.4. The summed E-state index contributed by atoms with van der Waals surface area (Å²) < 4.78 is 1.98. The molecule has 1 aromatic heterocycles. The van der Waals surface area contributed by atoms with E-state index < -0.39 is 5.91 Å². The quantitative estimate of drug-likeness (QED) is 0.738. The molecule has 2 amide bonds. The molecule has 0 atom stereocenters. The molecule has 0 radical (unpaired) electrons. The van der Waals surface area contributed by atoms with Gasteiger partial charge in [-0.2, -0.15) is 0 Å². The average Bonchev–Trinajstić information content (AvgIpc) is 2.94. The topological polar surface area (TPSA) is 90.0 Å². The molecule has 2 aromatic carbocycles. The maximum atomic E-state index is 12.4. The molecule has 0 saturated carbocycles. The summed E-state index contributed by atoms with van der Waals surface area (Å²) >= 11 is 5.99. The molecule has 0 unspecified atom stereocenters. The van der Waals surface area contributed by atoms with Crippen LogP contribution in [0.25, 0.3) is 5.69 Å².